The van der Waals surface area contributed by atoms with Gasteiger partial charge in [-0.1, -0.05) is 18.2 Å². The lowest BCUT2D eigenvalue weighted by Crippen LogP contribution is -2.39. The van der Waals surface area contributed by atoms with Gasteiger partial charge in [-0.15, -0.1) is 0 Å². The second kappa shape index (κ2) is 6.03. The number of primary amides is 1. The zero-order valence-electron chi connectivity index (χ0n) is 12.1. The lowest BCUT2D eigenvalue weighted by molar-refractivity contribution is -0.177. The minimum absolute atomic E-state index is 0.270. The Labute approximate surface area is 124 Å². The quantitative estimate of drug-likeness (QED) is 0.887. The van der Waals surface area contributed by atoms with Crippen LogP contribution in [0.25, 0.3) is 0 Å². The topological polar surface area (TPSA) is 73.6 Å². The van der Waals surface area contributed by atoms with E-state index in [9.17, 15) is 4.79 Å². The number of nitrogens with two attached hydrogens (primary N) is 1. The number of benzene rings is 1. The maximum Gasteiger partial charge on any atom is 0.221 e. The first-order chi connectivity index (χ1) is 10.2. The van der Waals surface area contributed by atoms with Crippen LogP contribution in [0.1, 0.15) is 31.2 Å². The average Bonchev–Trinajstić information content (AvgIpc) is 2.92. The predicted octanol–water partition coefficient (Wildman–Crippen LogP) is 1.81. The Kier molecular flexibility index (Phi) is 4.12. The van der Waals surface area contributed by atoms with E-state index >= 15 is 0 Å². The fourth-order valence-corrected chi connectivity index (χ4v) is 3.21. The molecule has 0 aromatic heterocycles. The third kappa shape index (κ3) is 3.36. The highest BCUT2D eigenvalue weighted by molar-refractivity contribution is 5.78. The van der Waals surface area contributed by atoms with Crippen LogP contribution < -0.4 is 11.1 Å². The van der Waals surface area contributed by atoms with Crippen LogP contribution in [0.15, 0.2) is 24.3 Å². The maximum atomic E-state index is 11.1. The number of para-hydroxylation sites is 1. The predicted molar refractivity (Wildman–Crippen MR) is 79.9 cm³/mol. The largest absolute Gasteiger partial charge is 0.382 e. The summed E-state index contributed by atoms with van der Waals surface area (Å²) in [6, 6.07) is 8.24. The monoisotopic (exact) mass is 290 g/mol. The van der Waals surface area contributed by atoms with Crippen LogP contribution in [0.2, 0.25) is 0 Å². The van der Waals surface area contributed by atoms with Crippen LogP contribution in [0.4, 0.5) is 5.69 Å². The van der Waals surface area contributed by atoms with Gasteiger partial charge in [0.1, 0.15) is 0 Å². The summed E-state index contributed by atoms with van der Waals surface area (Å²) in [6.45, 7) is 1.42. The summed E-state index contributed by atoms with van der Waals surface area (Å²) in [4.78, 5) is 11.1. The number of carbonyl (C=O) groups excluding carboxylic acids is 1. The number of ether oxygens (including phenoxy) is 2. The fraction of sp³-hybridized carbons (Fsp3) is 0.562. The number of hydrogen-bond acceptors (Lipinski definition) is 4. The fourth-order valence-electron chi connectivity index (χ4n) is 3.21. The van der Waals surface area contributed by atoms with Gasteiger partial charge in [-0.3, -0.25) is 4.79 Å². The van der Waals surface area contributed by atoms with E-state index in [2.05, 4.69) is 5.32 Å². The lowest BCUT2D eigenvalue weighted by atomic mass is 9.89. The van der Waals surface area contributed by atoms with Crippen molar-refractivity contribution in [1.82, 2.24) is 0 Å². The molecule has 1 heterocycles. The molecule has 5 heteroatoms. The van der Waals surface area contributed by atoms with Crippen LogP contribution in [-0.4, -0.2) is 30.9 Å². The SMILES string of the molecule is NC(=O)Cc1ccccc1NC1CCC2(CC1)OCCO2. The minimum Gasteiger partial charge on any atom is -0.382 e. The first kappa shape index (κ1) is 14.4. The van der Waals surface area contributed by atoms with Crippen LogP contribution in [-0.2, 0) is 20.7 Å². The van der Waals surface area contributed by atoms with Gasteiger partial charge in [0.25, 0.3) is 0 Å². The molecule has 21 heavy (non-hydrogen) atoms. The van der Waals surface area contributed by atoms with Crippen LogP contribution >= 0.6 is 0 Å². The molecule has 1 aromatic rings. The molecule has 2 aliphatic rings. The number of rotatable bonds is 4. The molecule has 114 valence electrons. The molecule has 1 amide bonds. The molecule has 3 N–H and O–H groups in total. The summed E-state index contributed by atoms with van der Waals surface area (Å²) in [5.41, 5.74) is 7.27. The highest BCUT2D eigenvalue weighted by Crippen LogP contribution is 2.36. The van der Waals surface area contributed by atoms with Crippen molar-refractivity contribution < 1.29 is 14.3 Å². The maximum absolute atomic E-state index is 11.1. The van der Waals surface area contributed by atoms with Crippen molar-refractivity contribution in [2.45, 2.75) is 43.9 Å². The molecule has 0 unspecified atom stereocenters. The van der Waals surface area contributed by atoms with Crippen molar-refractivity contribution in [3.8, 4) is 0 Å². The number of anilines is 1. The molecular weight excluding hydrogens is 268 g/mol. The lowest BCUT2D eigenvalue weighted by Gasteiger charge is -2.36. The van der Waals surface area contributed by atoms with E-state index in [0.29, 0.717) is 19.3 Å². The Hall–Kier alpha value is -1.59. The smallest absolute Gasteiger partial charge is 0.221 e. The molecule has 0 atom stereocenters. The number of hydrogen-bond donors (Lipinski definition) is 2. The van der Waals surface area contributed by atoms with Gasteiger partial charge >= 0.3 is 0 Å². The summed E-state index contributed by atoms with van der Waals surface area (Å²) in [5, 5.41) is 3.54. The van der Waals surface area contributed by atoms with Crippen molar-refractivity contribution >= 4 is 11.6 Å². The summed E-state index contributed by atoms with van der Waals surface area (Å²) in [7, 11) is 0. The van der Waals surface area contributed by atoms with Crippen molar-refractivity contribution in [3.05, 3.63) is 29.8 Å². The Balaban J connectivity index is 1.61. The van der Waals surface area contributed by atoms with Crippen molar-refractivity contribution in [1.29, 1.82) is 0 Å². The van der Waals surface area contributed by atoms with Crippen molar-refractivity contribution in [2.75, 3.05) is 18.5 Å². The van der Waals surface area contributed by atoms with E-state index in [4.69, 9.17) is 15.2 Å². The Morgan fingerprint density at radius 3 is 2.57 bits per heavy atom. The number of carbonyl (C=O) groups is 1. The molecule has 1 aliphatic carbocycles. The van der Waals surface area contributed by atoms with Gasteiger partial charge in [-0.25, -0.2) is 0 Å². The van der Waals surface area contributed by atoms with Gasteiger partial charge in [-0.2, -0.15) is 0 Å². The molecule has 3 rings (SSSR count). The molecule has 1 aromatic carbocycles. The molecule has 0 radical (unpaired) electrons. The van der Waals surface area contributed by atoms with E-state index in [1.54, 1.807) is 0 Å². The standard InChI is InChI=1S/C16H22N2O3/c17-15(19)11-12-3-1-2-4-14(12)18-13-5-7-16(8-6-13)20-9-10-21-16/h1-4,13,18H,5-11H2,(H2,17,19). The summed E-state index contributed by atoms with van der Waals surface area (Å²) in [5.74, 6) is -0.634. The van der Waals surface area contributed by atoms with Gasteiger partial charge in [0.05, 0.1) is 19.6 Å². The van der Waals surface area contributed by atoms with Crippen LogP contribution in [0, 0.1) is 0 Å². The Morgan fingerprint density at radius 2 is 1.90 bits per heavy atom. The van der Waals surface area contributed by atoms with Gasteiger partial charge in [0, 0.05) is 24.6 Å². The molecule has 0 bridgehead atoms. The zero-order valence-corrected chi connectivity index (χ0v) is 12.1. The van der Waals surface area contributed by atoms with Gasteiger partial charge in [0.15, 0.2) is 5.79 Å². The van der Waals surface area contributed by atoms with E-state index in [0.717, 1.165) is 36.9 Å². The highest BCUT2D eigenvalue weighted by Gasteiger charge is 2.40. The van der Waals surface area contributed by atoms with Gasteiger partial charge in [-0.05, 0) is 24.5 Å². The van der Waals surface area contributed by atoms with Crippen molar-refractivity contribution in [2.24, 2.45) is 5.73 Å². The third-order valence-electron chi connectivity index (χ3n) is 4.30. The molecule has 1 spiro atoms. The Morgan fingerprint density at radius 1 is 1.24 bits per heavy atom. The van der Waals surface area contributed by atoms with E-state index in [1.165, 1.54) is 0 Å². The molecule has 5 nitrogen and oxygen atoms in total. The van der Waals surface area contributed by atoms with Crippen LogP contribution in [0.3, 0.4) is 0 Å². The zero-order chi connectivity index (χ0) is 14.7. The summed E-state index contributed by atoms with van der Waals surface area (Å²) < 4.78 is 11.5. The summed E-state index contributed by atoms with van der Waals surface area (Å²) in [6.07, 6.45) is 4.12. The average molecular weight is 290 g/mol. The Bertz CT molecular complexity index is 502. The normalized spacial score (nSPS) is 21.5. The van der Waals surface area contributed by atoms with Gasteiger partial charge in [0.2, 0.25) is 5.91 Å². The van der Waals surface area contributed by atoms with E-state index in [-0.39, 0.29) is 18.1 Å². The third-order valence-corrected chi connectivity index (χ3v) is 4.30. The summed E-state index contributed by atoms with van der Waals surface area (Å²) >= 11 is 0. The van der Waals surface area contributed by atoms with Crippen LogP contribution in [0.5, 0.6) is 0 Å². The second-order valence-electron chi connectivity index (χ2n) is 5.83. The number of nitrogens with one attached hydrogen (secondary N) is 1. The second-order valence-corrected chi connectivity index (χ2v) is 5.83. The highest BCUT2D eigenvalue weighted by atomic mass is 16.7. The molecule has 2 fully saturated rings. The van der Waals surface area contributed by atoms with E-state index < -0.39 is 0 Å². The van der Waals surface area contributed by atoms with Gasteiger partial charge < -0.3 is 20.5 Å². The first-order valence-corrected chi connectivity index (χ1v) is 7.58. The number of amides is 1. The molecule has 1 saturated heterocycles. The molecular formula is C16H22N2O3. The first-order valence-electron chi connectivity index (χ1n) is 7.58. The van der Waals surface area contributed by atoms with Crippen molar-refractivity contribution in [3.63, 3.8) is 0 Å². The minimum atomic E-state index is -0.328. The molecule has 1 aliphatic heterocycles. The van der Waals surface area contributed by atoms with E-state index in [1.807, 2.05) is 24.3 Å². The molecule has 1 saturated carbocycles.